The Labute approximate surface area is 202 Å². The van der Waals surface area contributed by atoms with Crippen LogP contribution in [0.4, 0.5) is 0 Å². The van der Waals surface area contributed by atoms with Gasteiger partial charge in [-0.25, -0.2) is 9.78 Å². The molecule has 0 aliphatic rings. The van der Waals surface area contributed by atoms with Gasteiger partial charge in [0.2, 0.25) is 0 Å². The molecule has 0 atom stereocenters. The van der Waals surface area contributed by atoms with Gasteiger partial charge in [0.1, 0.15) is 16.6 Å². The van der Waals surface area contributed by atoms with E-state index in [0.29, 0.717) is 24.6 Å². The fourth-order valence-corrected chi connectivity index (χ4v) is 4.83. The maximum atomic E-state index is 12.1. The molecule has 5 aromatic rings. The topological polar surface area (TPSA) is 75.2 Å². The second-order valence-electron chi connectivity index (χ2n) is 8.23. The number of halogens is 1. The first-order valence-electron chi connectivity index (χ1n) is 11.1. The van der Waals surface area contributed by atoms with Crippen LogP contribution in [0.25, 0.3) is 32.8 Å². The maximum absolute atomic E-state index is 12.1. The number of para-hydroxylation sites is 1. The first-order chi connectivity index (χ1) is 16.5. The number of H-pyrrole nitrogens is 1. The lowest BCUT2D eigenvalue weighted by molar-refractivity contribution is 0.0690. The van der Waals surface area contributed by atoms with Crippen molar-refractivity contribution in [3.63, 3.8) is 0 Å². The number of benzene rings is 3. The molecule has 3 aromatic carbocycles. The summed E-state index contributed by atoms with van der Waals surface area (Å²) in [4.78, 5) is 19.4. The lowest BCUT2D eigenvalue weighted by Crippen LogP contribution is -2.04. The zero-order valence-corrected chi connectivity index (χ0v) is 19.4. The highest BCUT2D eigenvalue weighted by atomic mass is 35.5. The number of aryl methyl sites for hydroxylation is 2. The summed E-state index contributed by atoms with van der Waals surface area (Å²) < 4.78 is 6.07. The summed E-state index contributed by atoms with van der Waals surface area (Å²) in [6.45, 7) is 2.45. The lowest BCUT2D eigenvalue weighted by atomic mass is 9.98. The summed E-state index contributed by atoms with van der Waals surface area (Å²) in [5.74, 6) is -0.152. The molecule has 0 aliphatic heterocycles. The van der Waals surface area contributed by atoms with Gasteiger partial charge in [-0.2, -0.15) is 0 Å². The van der Waals surface area contributed by atoms with Gasteiger partial charge in [-0.15, -0.1) is 0 Å². The van der Waals surface area contributed by atoms with E-state index in [1.165, 1.54) is 0 Å². The Balaban J connectivity index is 1.44. The van der Waals surface area contributed by atoms with Crippen LogP contribution in [0.5, 0.6) is 5.75 Å². The number of hydrogen-bond acceptors (Lipinski definition) is 3. The molecule has 2 heterocycles. The Bertz CT molecular complexity index is 1500. The summed E-state index contributed by atoms with van der Waals surface area (Å²) in [7, 11) is 0. The smallest absolute Gasteiger partial charge is 0.352 e. The monoisotopic (exact) mass is 470 g/mol. The molecule has 170 valence electrons. The van der Waals surface area contributed by atoms with Gasteiger partial charge in [0.05, 0.1) is 12.1 Å². The Morgan fingerprint density at radius 2 is 1.79 bits per heavy atom. The number of rotatable bonds is 7. The predicted molar refractivity (Wildman–Crippen MR) is 136 cm³/mol. The van der Waals surface area contributed by atoms with Crippen LogP contribution >= 0.6 is 11.6 Å². The molecule has 2 aromatic heterocycles. The van der Waals surface area contributed by atoms with Crippen molar-refractivity contribution < 1.29 is 14.6 Å². The van der Waals surface area contributed by atoms with Crippen LogP contribution in [0.2, 0.25) is 5.15 Å². The highest BCUT2D eigenvalue weighted by molar-refractivity contribution is 6.32. The van der Waals surface area contributed by atoms with Gasteiger partial charge in [0.15, 0.2) is 0 Å². The van der Waals surface area contributed by atoms with E-state index >= 15 is 0 Å². The molecule has 0 saturated heterocycles. The SMILES string of the molecule is Cc1ccnc(Cl)c1-c1cccc2c(CCCOc3cccc4ccccc34)c(C(=O)O)[nH]c12. The number of aromatic nitrogens is 2. The van der Waals surface area contributed by atoms with Crippen molar-refractivity contribution in [2.75, 3.05) is 6.61 Å². The molecule has 6 heteroatoms. The minimum atomic E-state index is -0.985. The van der Waals surface area contributed by atoms with E-state index in [1.54, 1.807) is 6.20 Å². The zero-order chi connectivity index (χ0) is 23.7. The highest BCUT2D eigenvalue weighted by Gasteiger charge is 2.20. The third kappa shape index (κ3) is 3.99. The summed E-state index contributed by atoms with van der Waals surface area (Å²) in [5, 5.41) is 13.3. The van der Waals surface area contributed by atoms with Crippen molar-refractivity contribution in [2.45, 2.75) is 19.8 Å². The van der Waals surface area contributed by atoms with Crippen LogP contribution in [0.1, 0.15) is 28.0 Å². The Morgan fingerprint density at radius 1 is 1.03 bits per heavy atom. The van der Waals surface area contributed by atoms with Crippen LogP contribution in [-0.4, -0.2) is 27.7 Å². The minimum Gasteiger partial charge on any atom is -0.493 e. The van der Waals surface area contributed by atoms with Crippen molar-refractivity contribution in [2.24, 2.45) is 0 Å². The van der Waals surface area contributed by atoms with E-state index < -0.39 is 5.97 Å². The molecule has 0 amide bonds. The molecule has 0 bridgehead atoms. The van der Waals surface area contributed by atoms with E-state index in [2.05, 4.69) is 22.1 Å². The summed E-state index contributed by atoms with van der Waals surface area (Å²) in [5.41, 5.74) is 4.34. The number of aromatic carboxylic acids is 1. The molecule has 0 saturated carbocycles. The van der Waals surface area contributed by atoms with Crippen LogP contribution in [0.3, 0.4) is 0 Å². The normalized spacial score (nSPS) is 11.2. The van der Waals surface area contributed by atoms with Crippen LogP contribution < -0.4 is 4.74 Å². The van der Waals surface area contributed by atoms with Crippen LogP contribution in [-0.2, 0) is 6.42 Å². The van der Waals surface area contributed by atoms with Crippen molar-refractivity contribution in [1.82, 2.24) is 9.97 Å². The van der Waals surface area contributed by atoms with Gasteiger partial charge in [-0.1, -0.05) is 66.2 Å². The van der Waals surface area contributed by atoms with Gasteiger partial charge in [0, 0.05) is 28.1 Å². The summed E-state index contributed by atoms with van der Waals surface area (Å²) in [6, 6.07) is 21.8. The maximum Gasteiger partial charge on any atom is 0.352 e. The second-order valence-corrected chi connectivity index (χ2v) is 8.59. The second kappa shape index (κ2) is 9.20. The van der Waals surface area contributed by atoms with Gasteiger partial charge < -0.3 is 14.8 Å². The largest absolute Gasteiger partial charge is 0.493 e. The highest BCUT2D eigenvalue weighted by Crippen LogP contribution is 2.37. The third-order valence-electron chi connectivity index (χ3n) is 6.12. The van der Waals surface area contributed by atoms with Gasteiger partial charge >= 0.3 is 5.97 Å². The number of pyridine rings is 1. The molecule has 0 fully saturated rings. The summed E-state index contributed by atoms with van der Waals surface area (Å²) in [6.07, 6.45) is 2.91. The van der Waals surface area contributed by atoms with Crippen molar-refractivity contribution >= 4 is 39.2 Å². The zero-order valence-electron chi connectivity index (χ0n) is 18.6. The first kappa shape index (κ1) is 22.0. The average molecular weight is 471 g/mol. The molecule has 34 heavy (non-hydrogen) atoms. The number of carbonyl (C=O) groups is 1. The first-order valence-corrected chi connectivity index (χ1v) is 11.5. The molecule has 5 nitrogen and oxygen atoms in total. The van der Waals surface area contributed by atoms with Crippen molar-refractivity contribution in [3.05, 3.63) is 94.9 Å². The number of ether oxygens (including phenoxy) is 1. The number of aromatic amines is 1. The van der Waals surface area contributed by atoms with Gasteiger partial charge in [0.25, 0.3) is 0 Å². The fraction of sp³-hybridized carbons (Fsp3) is 0.143. The fourth-order valence-electron chi connectivity index (χ4n) is 4.53. The van der Waals surface area contributed by atoms with Crippen molar-refractivity contribution in [3.8, 4) is 16.9 Å². The molecule has 0 spiro atoms. The molecule has 5 rings (SSSR count). The van der Waals surface area contributed by atoms with E-state index in [9.17, 15) is 9.90 Å². The van der Waals surface area contributed by atoms with Gasteiger partial charge in [-0.05, 0) is 48.4 Å². The van der Waals surface area contributed by atoms with E-state index in [4.69, 9.17) is 16.3 Å². The molecule has 0 unspecified atom stereocenters. The number of nitrogens with zero attached hydrogens (tertiary/aromatic N) is 1. The number of carboxylic acid groups (broad SMARTS) is 1. The minimum absolute atomic E-state index is 0.199. The van der Waals surface area contributed by atoms with Gasteiger partial charge in [-0.3, -0.25) is 0 Å². The average Bonchev–Trinajstić information content (AvgIpc) is 3.21. The Hall–Kier alpha value is -3.83. The standard InChI is InChI=1S/C28H23ClN2O3/c1-17-14-15-30-27(29)24(17)22-11-5-10-20-21(26(28(32)33)31-25(20)22)12-6-16-34-23-13-4-8-18-7-2-3-9-19(18)23/h2-5,7-11,13-15,31H,6,12,16H2,1H3,(H,32,33). The lowest BCUT2D eigenvalue weighted by Gasteiger charge is -2.10. The Kier molecular flexibility index (Phi) is 5.95. The quantitative estimate of drug-likeness (QED) is 0.197. The van der Waals surface area contributed by atoms with Crippen molar-refractivity contribution in [1.29, 1.82) is 0 Å². The molecule has 2 N–H and O–H groups in total. The number of nitrogens with one attached hydrogen (secondary N) is 1. The van der Waals surface area contributed by atoms with E-state index in [0.717, 1.165) is 49.7 Å². The molecule has 0 radical (unpaired) electrons. The molecular weight excluding hydrogens is 448 g/mol. The predicted octanol–water partition coefficient (Wildman–Crippen LogP) is 7.05. The third-order valence-corrected chi connectivity index (χ3v) is 6.40. The Morgan fingerprint density at radius 3 is 2.62 bits per heavy atom. The summed E-state index contributed by atoms with van der Waals surface area (Å²) >= 11 is 6.42. The van der Waals surface area contributed by atoms with E-state index in [-0.39, 0.29) is 5.69 Å². The van der Waals surface area contributed by atoms with E-state index in [1.807, 2.05) is 61.5 Å². The molecule has 0 aliphatic carbocycles. The number of hydrogen-bond donors (Lipinski definition) is 2. The number of carboxylic acids is 1. The molecular formula is C28H23ClN2O3. The van der Waals surface area contributed by atoms with Crippen LogP contribution in [0.15, 0.2) is 72.9 Å². The van der Waals surface area contributed by atoms with Crippen LogP contribution in [0, 0.1) is 6.92 Å². The number of fused-ring (bicyclic) bond motifs is 2.